The third-order valence-corrected chi connectivity index (χ3v) is 8.04. The molecule has 0 spiro atoms. The van der Waals surface area contributed by atoms with Gasteiger partial charge in [0.25, 0.3) is 0 Å². The summed E-state index contributed by atoms with van der Waals surface area (Å²) in [5.41, 5.74) is 4.03. The van der Waals surface area contributed by atoms with Crippen LogP contribution in [-0.2, 0) is 14.6 Å². The summed E-state index contributed by atoms with van der Waals surface area (Å²) in [4.78, 5) is 17.9. The molecule has 1 amide bonds. The van der Waals surface area contributed by atoms with Gasteiger partial charge in [-0.3, -0.25) is 14.6 Å². The molecule has 6 nitrogen and oxygen atoms in total. The zero-order valence-electron chi connectivity index (χ0n) is 18.3. The lowest BCUT2D eigenvalue weighted by atomic mass is 10.0. The number of nitrogens with zero attached hydrogens (tertiary/aromatic N) is 2. The van der Waals surface area contributed by atoms with E-state index in [1.165, 1.54) is 0 Å². The van der Waals surface area contributed by atoms with Crippen LogP contribution in [0.4, 0.5) is 5.69 Å². The van der Waals surface area contributed by atoms with Gasteiger partial charge in [-0.05, 0) is 49.1 Å². The van der Waals surface area contributed by atoms with Gasteiger partial charge in [-0.25, -0.2) is 8.42 Å². The highest BCUT2D eigenvalue weighted by Crippen LogP contribution is 2.27. The van der Waals surface area contributed by atoms with Gasteiger partial charge < -0.3 is 5.32 Å². The number of benzene rings is 2. The number of amides is 1. The first-order valence-electron chi connectivity index (χ1n) is 10.9. The number of carbonyl (C=O) groups excluding carboxylic acids is 1. The largest absolute Gasteiger partial charge is 0.324 e. The van der Waals surface area contributed by atoms with Crippen molar-refractivity contribution in [2.75, 3.05) is 43.0 Å². The monoisotopic (exact) mass is 441 g/mol. The van der Waals surface area contributed by atoms with E-state index in [1.54, 1.807) is 0 Å². The summed E-state index contributed by atoms with van der Waals surface area (Å²) < 4.78 is 23.7. The van der Waals surface area contributed by atoms with E-state index in [-0.39, 0.29) is 23.7 Å². The summed E-state index contributed by atoms with van der Waals surface area (Å²) in [6.07, 6.45) is 0.720. The van der Waals surface area contributed by atoms with Crippen LogP contribution < -0.4 is 5.32 Å². The van der Waals surface area contributed by atoms with Crippen molar-refractivity contribution in [2.24, 2.45) is 0 Å². The molecule has 2 atom stereocenters. The van der Waals surface area contributed by atoms with E-state index < -0.39 is 9.84 Å². The molecule has 2 aliphatic heterocycles. The van der Waals surface area contributed by atoms with Crippen molar-refractivity contribution >= 4 is 21.4 Å². The van der Waals surface area contributed by atoms with E-state index in [0.29, 0.717) is 5.75 Å². The van der Waals surface area contributed by atoms with Gasteiger partial charge in [0.2, 0.25) is 5.91 Å². The number of piperazine rings is 1. The summed E-state index contributed by atoms with van der Waals surface area (Å²) in [7, 11) is -2.89. The molecule has 2 fully saturated rings. The highest BCUT2D eigenvalue weighted by molar-refractivity contribution is 7.91. The molecule has 2 heterocycles. The lowest BCUT2D eigenvalue weighted by Gasteiger charge is -2.40. The summed E-state index contributed by atoms with van der Waals surface area (Å²) in [6.45, 7) is 7.08. The van der Waals surface area contributed by atoms with Crippen molar-refractivity contribution in [3.63, 3.8) is 0 Å². The molecular weight excluding hydrogens is 410 g/mol. The lowest BCUT2D eigenvalue weighted by Crippen LogP contribution is -2.53. The summed E-state index contributed by atoms with van der Waals surface area (Å²) in [6, 6.07) is 15.7. The Labute approximate surface area is 185 Å². The number of rotatable bonds is 5. The van der Waals surface area contributed by atoms with Gasteiger partial charge in [-0.1, -0.05) is 36.4 Å². The van der Waals surface area contributed by atoms with E-state index in [0.717, 1.165) is 55.0 Å². The second-order valence-corrected chi connectivity index (χ2v) is 11.0. The molecule has 2 unspecified atom stereocenters. The standard InChI is InChI=1S/C24H31N3O3S/c1-18-14-19(2)16-21(15-18)25-24(28)23(20-6-4-3-5-7-20)27-11-9-26(10-12-27)22-8-13-31(29,30)17-22/h3-7,14-16,22-23H,8-13,17H2,1-2H3,(H,25,28). The van der Waals surface area contributed by atoms with Gasteiger partial charge in [0.1, 0.15) is 6.04 Å². The first-order valence-corrected chi connectivity index (χ1v) is 12.8. The third kappa shape index (κ3) is 5.34. The van der Waals surface area contributed by atoms with E-state index in [9.17, 15) is 13.2 Å². The number of aryl methyl sites for hydroxylation is 2. The normalized spacial score (nSPS) is 22.8. The van der Waals surface area contributed by atoms with Crippen molar-refractivity contribution < 1.29 is 13.2 Å². The molecule has 7 heteroatoms. The SMILES string of the molecule is Cc1cc(C)cc(NC(=O)C(c2ccccc2)N2CCN(C3CCS(=O)(=O)C3)CC2)c1. The van der Waals surface area contributed by atoms with Crippen LogP contribution in [0.2, 0.25) is 0 Å². The van der Waals surface area contributed by atoms with E-state index >= 15 is 0 Å². The van der Waals surface area contributed by atoms with Crippen LogP contribution in [0.1, 0.15) is 29.2 Å². The van der Waals surface area contributed by atoms with Gasteiger partial charge in [-0.15, -0.1) is 0 Å². The molecule has 4 rings (SSSR count). The minimum atomic E-state index is -2.89. The zero-order chi connectivity index (χ0) is 22.0. The predicted octanol–water partition coefficient (Wildman–Crippen LogP) is 2.79. The highest BCUT2D eigenvalue weighted by atomic mass is 32.2. The summed E-state index contributed by atoms with van der Waals surface area (Å²) in [5.74, 6) is 0.526. The highest BCUT2D eigenvalue weighted by Gasteiger charge is 2.36. The molecule has 0 radical (unpaired) electrons. The molecule has 0 bridgehead atoms. The van der Waals surface area contributed by atoms with Gasteiger partial charge in [-0.2, -0.15) is 0 Å². The Morgan fingerprint density at radius 3 is 2.23 bits per heavy atom. The quantitative estimate of drug-likeness (QED) is 0.773. The molecular formula is C24H31N3O3S. The molecule has 2 aromatic rings. The average Bonchev–Trinajstić information content (AvgIpc) is 3.08. The molecule has 2 saturated heterocycles. The maximum atomic E-state index is 13.4. The lowest BCUT2D eigenvalue weighted by molar-refractivity contribution is -0.122. The van der Waals surface area contributed by atoms with Gasteiger partial charge in [0.15, 0.2) is 9.84 Å². The number of sulfone groups is 1. The van der Waals surface area contributed by atoms with Crippen LogP contribution in [0.3, 0.4) is 0 Å². The second-order valence-electron chi connectivity index (χ2n) is 8.81. The van der Waals surface area contributed by atoms with Crippen LogP contribution in [-0.4, -0.2) is 67.9 Å². The summed E-state index contributed by atoms with van der Waals surface area (Å²) in [5, 5.41) is 3.12. The topological polar surface area (TPSA) is 69.7 Å². The molecule has 0 aliphatic carbocycles. The Hall–Kier alpha value is -2.22. The average molecular weight is 442 g/mol. The zero-order valence-corrected chi connectivity index (χ0v) is 19.1. The maximum Gasteiger partial charge on any atom is 0.246 e. The van der Waals surface area contributed by atoms with Gasteiger partial charge >= 0.3 is 0 Å². The van der Waals surface area contributed by atoms with Gasteiger partial charge in [0.05, 0.1) is 11.5 Å². The third-order valence-electron chi connectivity index (χ3n) is 6.29. The molecule has 0 saturated carbocycles. The van der Waals surface area contributed by atoms with E-state index in [4.69, 9.17) is 0 Å². The fourth-order valence-electron chi connectivity index (χ4n) is 4.84. The first-order chi connectivity index (χ1) is 14.8. The minimum Gasteiger partial charge on any atom is -0.324 e. The number of hydrogen-bond donors (Lipinski definition) is 1. The Morgan fingerprint density at radius 1 is 1.00 bits per heavy atom. The molecule has 166 valence electrons. The smallest absolute Gasteiger partial charge is 0.246 e. The van der Waals surface area contributed by atoms with Crippen LogP contribution in [0.15, 0.2) is 48.5 Å². The number of nitrogens with one attached hydrogen (secondary N) is 1. The predicted molar refractivity (Wildman–Crippen MR) is 124 cm³/mol. The fourth-order valence-corrected chi connectivity index (χ4v) is 6.61. The van der Waals surface area contributed by atoms with E-state index in [2.05, 4.69) is 21.2 Å². The number of hydrogen-bond acceptors (Lipinski definition) is 5. The fraction of sp³-hybridized carbons (Fsp3) is 0.458. The van der Waals surface area contributed by atoms with E-state index in [1.807, 2.05) is 56.3 Å². The number of anilines is 1. The molecule has 0 aromatic heterocycles. The second kappa shape index (κ2) is 9.10. The number of carbonyl (C=O) groups is 1. The van der Waals surface area contributed by atoms with Crippen LogP contribution in [0.25, 0.3) is 0 Å². The molecule has 2 aromatic carbocycles. The Balaban J connectivity index is 1.49. The molecule has 31 heavy (non-hydrogen) atoms. The minimum absolute atomic E-state index is 0.0342. The Morgan fingerprint density at radius 2 is 1.65 bits per heavy atom. The van der Waals surface area contributed by atoms with Crippen molar-refractivity contribution in [3.05, 3.63) is 65.2 Å². The van der Waals surface area contributed by atoms with Crippen molar-refractivity contribution in [1.29, 1.82) is 0 Å². The Kier molecular flexibility index (Phi) is 6.46. The molecule has 1 N–H and O–H groups in total. The summed E-state index contributed by atoms with van der Waals surface area (Å²) >= 11 is 0. The van der Waals surface area contributed by atoms with Crippen LogP contribution in [0.5, 0.6) is 0 Å². The van der Waals surface area contributed by atoms with Crippen LogP contribution in [0, 0.1) is 13.8 Å². The Bertz CT molecular complexity index is 1010. The van der Waals surface area contributed by atoms with Crippen LogP contribution >= 0.6 is 0 Å². The maximum absolute atomic E-state index is 13.4. The van der Waals surface area contributed by atoms with Crippen molar-refractivity contribution in [1.82, 2.24) is 9.80 Å². The van der Waals surface area contributed by atoms with Gasteiger partial charge in [0, 0.05) is 37.9 Å². The van der Waals surface area contributed by atoms with Crippen molar-refractivity contribution in [2.45, 2.75) is 32.4 Å². The molecule has 2 aliphatic rings. The van der Waals surface area contributed by atoms with Crippen molar-refractivity contribution in [3.8, 4) is 0 Å². The first kappa shape index (κ1) is 22.0.